The first-order chi connectivity index (χ1) is 11.7. The van der Waals surface area contributed by atoms with Crippen molar-refractivity contribution in [2.75, 3.05) is 0 Å². The normalized spacial score (nSPS) is 10.8. The number of hydrogen-bond donors (Lipinski definition) is 1. The van der Waals surface area contributed by atoms with Crippen molar-refractivity contribution in [3.63, 3.8) is 0 Å². The third-order valence-corrected chi connectivity index (χ3v) is 3.97. The van der Waals surface area contributed by atoms with Crippen LogP contribution in [0.25, 0.3) is 22.3 Å². The van der Waals surface area contributed by atoms with Gasteiger partial charge in [0, 0.05) is 16.5 Å². The van der Waals surface area contributed by atoms with Crippen LogP contribution >= 0.6 is 0 Å². The van der Waals surface area contributed by atoms with E-state index in [4.69, 9.17) is 4.42 Å². The average molecular weight is 314 g/mol. The summed E-state index contributed by atoms with van der Waals surface area (Å²) < 4.78 is 5.95. The quantitative estimate of drug-likeness (QED) is 0.539. The lowest BCUT2D eigenvalue weighted by Gasteiger charge is -2.03. The molecule has 0 aliphatic carbocycles. The third-order valence-electron chi connectivity index (χ3n) is 3.97. The number of aromatic hydroxyl groups is 1. The first-order valence-electron chi connectivity index (χ1n) is 7.65. The fourth-order valence-electron chi connectivity index (χ4n) is 2.84. The molecule has 1 N–H and O–H groups in total. The highest BCUT2D eigenvalue weighted by Gasteiger charge is 2.23. The largest absolute Gasteiger partial charge is 0.508 e. The van der Waals surface area contributed by atoms with Crippen LogP contribution in [0, 0.1) is 0 Å². The van der Waals surface area contributed by atoms with Crippen molar-refractivity contribution in [1.82, 2.24) is 0 Å². The molecule has 0 spiro atoms. The van der Waals surface area contributed by atoms with Crippen molar-refractivity contribution in [1.29, 1.82) is 0 Å². The number of benzene rings is 3. The zero-order valence-corrected chi connectivity index (χ0v) is 12.8. The minimum absolute atomic E-state index is 0.102. The highest BCUT2D eigenvalue weighted by Crippen LogP contribution is 2.36. The maximum absolute atomic E-state index is 13.1. The Morgan fingerprint density at radius 1 is 0.833 bits per heavy atom. The molecule has 0 aliphatic rings. The molecule has 1 heterocycles. The van der Waals surface area contributed by atoms with E-state index in [9.17, 15) is 9.90 Å². The van der Waals surface area contributed by atoms with Crippen LogP contribution in [0.3, 0.4) is 0 Å². The molecule has 4 aromatic rings. The van der Waals surface area contributed by atoms with Gasteiger partial charge in [-0.25, -0.2) is 0 Å². The molecule has 1 aromatic heterocycles. The summed E-state index contributed by atoms with van der Waals surface area (Å²) in [5.41, 5.74) is 2.46. The summed E-state index contributed by atoms with van der Waals surface area (Å²) in [6, 6.07) is 23.4. The Morgan fingerprint density at radius 2 is 1.50 bits per heavy atom. The summed E-state index contributed by atoms with van der Waals surface area (Å²) in [6.45, 7) is 0. The van der Waals surface area contributed by atoms with E-state index in [2.05, 4.69) is 0 Å². The highest BCUT2D eigenvalue weighted by atomic mass is 16.3. The topological polar surface area (TPSA) is 50.4 Å². The number of fused-ring (bicyclic) bond motifs is 1. The Balaban J connectivity index is 2.01. The number of ketones is 1. The van der Waals surface area contributed by atoms with Crippen LogP contribution in [-0.2, 0) is 0 Å². The van der Waals surface area contributed by atoms with Gasteiger partial charge in [-0.1, -0.05) is 60.7 Å². The molecule has 0 amide bonds. The number of furan rings is 1. The van der Waals surface area contributed by atoms with Gasteiger partial charge in [0.1, 0.15) is 17.1 Å². The SMILES string of the molecule is O=C(c1ccccc1)c1c(-c2ccccc2)oc2ccc(O)cc12. The van der Waals surface area contributed by atoms with E-state index in [1.54, 1.807) is 30.3 Å². The Hall–Kier alpha value is -3.33. The first-order valence-corrected chi connectivity index (χ1v) is 7.65. The van der Waals surface area contributed by atoms with Crippen molar-refractivity contribution in [2.45, 2.75) is 0 Å². The molecule has 3 heteroatoms. The van der Waals surface area contributed by atoms with Gasteiger partial charge in [-0.15, -0.1) is 0 Å². The molecule has 0 saturated heterocycles. The van der Waals surface area contributed by atoms with Crippen LogP contribution in [0.1, 0.15) is 15.9 Å². The van der Waals surface area contributed by atoms with Gasteiger partial charge in [0.05, 0.1) is 5.56 Å². The summed E-state index contributed by atoms with van der Waals surface area (Å²) in [4.78, 5) is 13.1. The summed E-state index contributed by atoms with van der Waals surface area (Å²) in [7, 11) is 0. The van der Waals surface area contributed by atoms with Gasteiger partial charge in [0.2, 0.25) is 0 Å². The predicted octanol–water partition coefficient (Wildman–Crippen LogP) is 5.04. The zero-order valence-electron chi connectivity index (χ0n) is 12.8. The van der Waals surface area contributed by atoms with Crippen LogP contribution in [0.4, 0.5) is 0 Å². The zero-order chi connectivity index (χ0) is 16.5. The molecule has 3 aromatic carbocycles. The van der Waals surface area contributed by atoms with Gasteiger partial charge < -0.3 is 9.52 Å². The van der Waals surface area contributed by atoms with E-state index in [0.29, 0.717) is 27.9 Å². The Kier molecular flexibility index (Phi) is 3.39. The number of hydrogen-bond acceptors (Lipinski definition) is 3. The van der Waals surface area contributed by atoms with Gasteiger partial charge in [-0.2, -0.15) is 0 Å². The number of rotatable bonds is 3. The molecule has 24 heavy (non-hydrogen) atoms. The maximum atomic E-state index is 13.1. The summed E-state index contributed by atoms with van der Waals surface area (Å²) in [5, 5.41) is 10.4. The van der Waals surface area contributed by atoms with E-state index in [1.165, 1.54) is 0 Å². The first kappa shape index (κ1) is 14.3. The van der Waals surface area contributed by atoms with E-state index < -0.39 is 0 Å². The lowest BCUT2D eigenvalue weighted by molar-refractivity contribution is 0.104. The molecule has 0 bridgehead atoms. The minimum atomic E-state index is -0.126. The average Bonchev–Trinajstić information content (AvgIpc) is 3.01. The molecule has 3 nitrogen and oxygen atoms in total. The molecule has 0 atom stereocenters. The van der Waals surface area contributed by atoms with Gasteiger partial charge in [0.15, 0.2) is 5.78 Å². The standard InChI is InChI=1S/C21H14O3/c22-16-11-12-18-17(13-16)19(20(23)14-7-3-1-4-8-14)21(24-18)15-9-5-2-6-10-15/h1-13,22H. The van der Waals surface area contributed by atoms with Crippen LogP contribution in [0.15, 0.2) is 83.3 Å². The lowest BCUT2D eigenvalue weighted by Crippen LogP contribution is -2.01. The molecular weight excluding hydrogens is 300 g/mol. The molecule has 0 saturated carbocycles. The van der Waals surface area contributed by atoms with Crippen molar-refractivity contribution < 1.29 is 14.3 Å². The number of carbonyl (C=O) groups excluding carboxylic acids is 1. The molecule has 116 valence electrons. The van der Waals surface area contributed by atoms with Crippen LogP contribution < -0.4 is 0 Å². The molecule has 0 unspecified atom stereocenters. The van der Waals surface area contributed by atoms with Gasteiger partial charge in [-0.3, -0.25) is 4.79 Å². The summed E-state index contributed by atoms with van der Waals surface area (Å²) in [5.74, 6) is 0.494. The Bertz CT molecular complexity index is 1020. The highest BCUT2D eigenvalue weighted by molar-refractivity contribution is 6.19. The van der Waals surface area contributed by atoms with Gasteiger partial charge in [-0.05, 0) is 18.2 Å². The van der Waals surface area contributed by atoms with Gasteiger partial charge in [0.25, 0.3) is 0 Å². The van der Waals surface area contributed by atoms with Crippen molar-refractivity contribution >= 4 is 16.8 Å². The molecular formula is C21H14O3. The van der Waals surface area contributed by atoms with Crippen molar-refractivity contribution in [3.8, 4) is 17.1 Å². The van der Waals surface area contributed by atoms with Crippen LogP contribution in [0.5, 0.6) is 5.75 Å². The number of carbonyl (C=O) groups is 1. The smallest absolute Gasteiger partial charge is 0.197 e. The van der Waals surface area contributed by atoms with E-state index >= 15 is 0 Å². The van der Waals surface area contributed by atoms with Gasteiger partial charge >= 0.3 is 0 Å². The predicted molar refractivity (Wildman–Crippen MR) is 93.2 cm³/mol. The molecule has 0 aliphatic heterocycles. The fraction of sp³-hybridized carbons (Fsp3) is 0. The van der Waals surface area contributed by atoms with E-state index in [1.807, 2.05) is 48.5 Å². The lowest BCUT2D eigenvalue weighted by atomic mass is 9.97. The van der Waals surface area contributed by atoms with Crippen LogP contribution in [0.2, 0.25) is 0 Å². The second kappa shape index (κ2) is 5.70. The second-order valence-electron chi connectivity index (χ2n) is 5.55. The van der Waals surface area contributed by atoms with E-state index in [-0.39, 0.29) is 11.5 Å². The Labute approximate surface area is 138 Å². The maximum Gasteiger partial charge on any atom is 0.197 e. The van der Waals surface area contributed by atoms with Crippen molar-refractivity contribution in [2.24, 2.45) is 0 Å². The monoisotopic (exact) mass is 314 g/mol. The van der Waals surface area contributed by atoms with E-state index in [0.717, 1.165) is 5.56 Å². The second-order valence-corrected chi connectivity index (χ2v) is 5.55. The fourth-order valence-corrected chi connectivity index (χ4v) is 2.84. The number of phenolic OH excluding ortho intramolecular Hbond substituents is 1. The third kappa shape index (κ3) is 2.36. The molecule has 0 radical (unpaired) electrons. The summed E-state index contributed by atoms with van der Waals surface area (Å²) in [6.07, 6.45) is 0. The number of phenols is 1. The molecule has 0 fully saturated rings. The molecule has 4 rings (SSSR count). The summed E-state index contributed by atoms with van der Waals surface area (Å²) >= 11 is 0. The van der Waals surface area contributed by atoms with Crippen LogP contribution in [-0.4, -0.2) is 10.9 Å². The van der Waals surface area contributed by atoms with Crippen molar-refractivity contribution in [3.05, 3.63) is 90.0 Å². The Morgan fingerprint density at radius 3 is 2.21 bits per heavy atom. The minimum Gasteiger partial charge on any atom is -0.508 e.